The van der Waals surface area contributed by atoms with Gasteiger partial charge in [-0.05, 0) is 35.9 Å². The van der Waals surface area contributed by atoms with Crippen molar-refractivity contribution in [2.75, 3.05) is 5.32 Å². The summed E-state index contributed by atoms with van der Waals surface area (Å²) in [5, 5.41) is 20.3. The fraction of sp³-hybridized carbons (Fsp3) is 0.222. The molecule has 2 aromatic carbocycles. The molecule has 29 heavy (non-hydrogen) atoms. The maximum Gasteiger partial charge on any atom is 0.426 e. The normalized spacial score (nSPS) is 14.0. The number of aliphatic hydroxyl groups is 1. The minimum atomic E-state index is -5.50. The second-order valence-electron chi connectivity index (χ2n) is 5.99. The molecule has 2 aromatic rings. The van der Waals surface area contributed by atoms with E-state index in [1.807, 2.05) is 0 Å². The van der Waals surface area contributed by atoms with Crippen LogP contribution in [0.4, 0.5) is 36.4 Å². The highest BCUT2D eigenvalue weighted by Gasteiger charge is 2.59. The topological polar surface area (TPSA) is 73.1 Å². The van der Waals surface area contributed by atoms with E-state index in [1.165, 1.54) is 6.07 Å². The molecule has 0 fully saturated rings. The van der Waals surface area contributed by atoms with Crippen LogP contribution in [-0.2, 0) is 17.4 Å². The Kier molecular flexibility index (Phi) is 5.89. The number of alkyl halides is 6. The second-order valence-corrected chi connectivity index (χ2v) is 5.99. The van der Waals surface area contributed by atoms with E-state index in [2.05, 4.69) is 0 Å². The molecule has 0 bridgehead atoms. The molecule has 0 aliphatic rings. The van der Waals surface area contributed by atoms with Crippen molar-refractivity contribution in [2.45, 2.75) is 24.4 Å². The van der Waals surface area contributed by atoms with Crippen LogP contribution in [0, 0.1) is 17.1 Å². The van der Waals surface area contributed by atoms with Crippen LogP contribution in [0.2, 0.25) is 0 Å². The van der Waals surface area contributed by atoms with Gasteiger partial charge in [0.15, 0.2) is 0 Å². The van der Waals surface area contributed by atoms with Gasteiger partial charge in [-0.3, -0.25) is 4.79 Å². The number of amides is 1. The average molecular weight is 420 g/mol. The minimum Gasteiger partial charge on any atom is -0.372 e. The van der Waals surface area contributed by atoms with Gasteiger partial charge in [-0.25, -0.2) is 4.39 Å². The third kappa shape index (κ3) is 4.83. The first-order valence-electron chi connectivity index (χ1n) is 7.74. The molecule has 0 saturated carbocycles. The van der Waals surface area contributed by atoms with Gasteiger partial charge in [-0.15, -0.1) is 0 Å². The van der Waals surface area contributed by atoms with Crippen molar-refractivity contribution in [3.8, 4) is 6.07 Å². The van der Waals surface area contributed by atoms with E-state index >= 15 is 0 Å². The summed E-state index contributed by atoms with van der Waals surface area (Å²) in [4.78, 5) is 12.2. The van der Waals surface area contributed by atoms with Gasteiger partial charge in [0.2, 0.25) is 5.60 Å². The largest absolute Gasteiger partial charge is 0.426 e. The van der Waals surface area contributed by atoms with Crippen LogP contribution in [0.15, 0.2) is 42.5 Å². The lowest BCUT2D eigenvalue weighted by molar-refractivity contribution is -0.248. The Bertz CT molecular complexity index is 947. The van der Waals surface area contributed by atoms with E-state index in [0.717, 1.165) is 30.3 Å². The van der Waals surface area contributed by atoms with Gasteiger partial charge in [0.05, 0.1) is 17.2 Å². The van der Waals surface area contributed by atoms with E-state index in [1.54, 1.807) is 5.32 Å². The number of rotatable bonds is 4. The summed E-state index contributed by atoms with van der Waals surface area (Å²) in [5.41, 5.74) is -7.21. The second kappa shape index (κ2) is 7.71. The molecular weight excluding hydrogens is 409 g/mol. The number of carbonyl (C=O) groups is 1. The van der Waals surface area contributed by atoms with Crippen molar-refractivity contribution in [2.24, 2.45) is 0 Å². The Balaban J connectivity index is 2.38. The number of nitriles is 1. The Morgan fingerprint density at radius 2 is 1.62 bits per heavy atom. The molecule has 0 radical (unpaired) electrons. The maximum absolute atomic E-state index is 13.4. The molecule has 0 heterocycles. The Hall–Kier alpha value is -3.13. The number of hydrogen-bond acceptors (Lipinski definition) is 3. The zero-order valence-corrected chi connectivity index (χ0v) is 14.2. The smallest absolute Gasteiger partial charge is 0.372 e. The number of carbonyl (C=O) groups excluding carboxylic acids is 1. The molecule has 0 saturated heterocycles. The zero-order chi connectivity index (χ0) is 22.0. The van der Waals surface area contributed by atoms with E-state index in [4.69, 9.17) is 5.26 Å². The third-order valence-corrected chi connectivity index (χ3v) is 3.92. The van der Waals surface area contributed by atoms with Crippen LogP contribution >= 0.6 is 0 Å². The summed E-state index contributed by atoms with van der Waals surface area (Å²) in [6, 6.07) is 6.51. The molecule has 1 amide bonds. The lowest BCUT2D eigenvalue weighted by Gasteiger charge is -2.29. The molecule has 11 heteroatoms. The van der Waals surface area contributed by atoms with E-state index < -0.39 is 52.9 Å². The number of hydrogen-bond donors (Lipinski definition) is 2. The Morgan fingerprint density at radius 3 is 2.10 bits per heavy atom. The molecule has 0 aliphatic carbocycles. The summed E-state index contributed by atoms with van der Waals surface area (Å²) in [6.07, 6.45) is -11.8. The number of benzene rings is 2. The minimum absolute atomic E-state index is 0.239. The van der Waals surface area contributed by atoms with Crippen molar-refractivity contribution >= 4 is 11.6 Å². The van der Waals surface area contributed by atoms with Crippen molar-refractivity contribution in [3.05, 3.63) is 65.0 Å². The summed E-state index contributed by atoms with van der Waals surface area (Å²) in [7, 11) is 0. The van der Waals surface area contributed by atoms with Gasteiger partial charge >= 0.3 is 12.4 Å². The summed E-state index contributed by atoms with van der Waals surface area (Å²) in [5.74, 6) is -2.79. The Morgan fingerprint density at radius 1 is 1.03 bits per heavy atom. The van der Waals surface area contributed by atoms with Crippen LogP contribution < -0.4 is 5.32 Å². The Labute approximate surface area is 159 Å². The molecule has 1 unspecified atom stereocenters. The molecule has 0 aliphatic heterocycles. The summed E-state index contributed by atoms with van der Waals surface area (Å²) >= 11 is 0. The molecule has 154 valence electrons. The monoisotopic (exact) mass is 420 g/mol. The number of nitrogens with one attached hydrogen (secondary N) is 1. The molecule has 1 atom stereocenters. The van der Waals surface area contributed by atoms with Gasteiger partial charge in [-0.1, -0.05) is 12.1 Å². The molecule has 0 aromatic heterocycles. The van der Waals surface area contributed by atoms with Crippen molar-refractivity contribution in [1.29, 1.82) is 5.26 Å². The van der Waals surface area contributed by atoms with Crippen molar-refractivity contribution < 1.29 is 40.6 Å². The highest BCUT2D eigenvalue weighted by Crippen LogP contribution is 2.36. The zero-order valence-electron chi connectivity index (χ0n) is 14.2. The first-order chi connectivity index (χ1) is 13.3. The fourth-order valence-corrected chi connectivity index (χ4v) is 2.40. The molecule has 2 N–H and O–H groups in total. The third-order valence-electron chi connectivity index (χ3n) is 3.92. The predicted octanol–water partition coefficient (Wildman–Crippen LogP) is 4.19. The van der Waals surface area contributed by atoms with Gasteiger partial charge in [0, 0.05) is 12.1 Å². The van der Waals surface area contributed by atoms with E-state index in [-0.39, 0.29) is 11.6 Å². The summed E-state index contributed by atoms with van der Waals surface area (Å²) < 4.78 is 92.0. The van der Waals surface area contributed by atoms with Gasteiger partial charge in [-0.2, -0.15) is 31.6 Å². The number of anilines is 1. The summed E-state index contributed by atoms with van der Waals surface area (Å²) in [6.45, 7) is 0. The highest BCUT2D eigenvalue weighted by molar-refractivity contribution is 5.98. The lowest BCUT2D eigenvalue weighted by atomic mass is 9.92. The van der Waals surface area contributed by atoms with Gasteiger partial charge < -0.3 is 10.4 Å². The van der Waals surface area contributed by atoms with Crippen molar-refractivity contribution in [1.82, 2.24) is 0 Å². The van der Waals surface area contributed by atoms with Crippen LogP contribution in [0.5, 0.6) is 0 Å². The fourth-order valence-electron chi connectivity index (χ4n) is 2.40. The van der Waals surface area contributed by atoms with Gasteiger partial charge in [0.1, 0.15) is 5.82 Å². The molecule has 0 spiro atoms. The number of halogens is 7. The average Bonchev–Trinajstić information content (AvgIpc) is 2.61. The number of nitrogens with zero attached hydrogens (tertiary/aromatic N) is 1. The highest BCUT2D eigenvalue weighted by atomic mass is 19.4. The van der Waals surface area contributed by atoms with Crippen LogP contribution in [0.1, 0.15) is 16.7 Å². The maximum atomic E-state index is 13.4. The molecular formula is C18H11F7N2O2. The first-order valence-corrected chi connectivity index (χ1v) is 7.74. The lowest BCUT2D eigenvalue weighted by Crippen LogP contribution is -2.56. The molecule has 4 nitrogen and oxygen atoms in total. The van der Waals surface area contributed by atoms with Crippen LogP contribution in [0.25, 0.3) is 0 Å². The predicted molar refractivity (Wildman–Crippen MR) is 85.9 cm³/mol. The standard InChI is InChI=1S/C18H11F7N2O2/c19-12-4-1-10(2-5-12)8-16(29,18(23,24)25)15(28)27-13-6-3-11(9-26)14(7-13)17(20,21)22/h1-7,29H,8H2,(H,27,28). The van der Waals surface area contributed by atoms with Crippen LogP contribution in [-0.4, -0.2) is 22.8 Å². The van der Waals surface area contributed by atoms with Crippen molar-refractivity contribution in [3.63, 3.8) is 0 Å². The van der Waals surface area contributed by atoms with E-state index in [0.29, 0.717) is 6.07 Å². The quantitative estimate of drug-likeness (QED) is 0.729. The van der Waals surface area contributed by atoms with E-state index in [9.17, 15) is 40.6 Å². The van der Waals surface area contributed by atoms with Crippen LogP contribution in [0.3, 0.4) is 0 Å². The molecule has 2 rings (SSSR count). The van der Waals surface area contributed by atoms with Gasteiger partial charge in [0.25, 0.3) is 5.91 Å². The SMILES string of the molecule is N#Cc1ccc(NC(=O)C(O)(Cc2ccc(F)cc2)C(F)(F)F)cc1C(F)(F)F. The first kappa shape index (κ1) is 22.2.